The molecule has 0 bridgehead atoms. The summed E-state index contributed by atoms with van der Waals surface area (Å²) in [6.45, 7) is 27.4. The largest absolute Gasteiger partial charge is 0.464 e. The number of amides is 2. The van der Waals surface area contributed by atoms with E-state index >= 15 is 0 Å². The van der Waals surface area contributed by atoms with Crippen molar-refractivity contribution in [3.8, 4) is 0 Å². The van der Waals surface area contributed by atoms with Gasteiger partial charge in [0.05, 0.1) is 24.8 Å². The van der Waals surface area contributed by atoms with E-state index in [1.165, 1.54) is 0 Å². The van der Waals surface area contributed by atoms with Crippen LogP contribution in [0, 0.1) is 35.5 Å². The first kappa shape index (κ1) is 61.7. The first-order valence-corrected chi connectivity index (χ1v) is 21.6. The Kier molecular flexibility index (Phi) is 33.8. The molecular weight excluding hydrogens is 797 g/mol. The Bertz CT molecular complexity index is 1530. The minimum absolute atomic E-state index is 0. The van der Waals surface area contributed by atoms with Gasteiger partial charge in [0.2, 0.25) is 23.4 Å². The second-order valence-corrected chi connectivity index (χ2v) is 17.5. The Morgan fingerprint density at radius 3 is 1.21 bits per heavy atom. The molecule has 0 rings (SSSR count). The molecule has 16 heteroatoms. The Balaban J connectivity index is -0.00000111. The van der Waals surface area contributed by atoms with E-state index in [9.17, 15) is 38.4 Å². The number of nitrogens with zero attached hydrogens (tertiary/aromatic N) is 2. The zero-order valence-corrected chi connectivity index (χ0v) is 38.8. The third-order valence-electron chi connectivity index (χ3n) is 9.10. The summed E-state index contributed by atoms with van der Waals surface area (Å²) in [5.74, 6) is -3.34. The van der Waals surface area contributed by atoms with Crippen molar-refractivity contribution >= 4 is 72.8 Å². The molecule has 0 unspecified atom stereocenters. The fourth-order valence-electron chi connectivity index (χ4n) is 6.31. The van der Waals surface area contributed by atoms with Gasteiger partial charge < -0.3 is 31.6 Å². The van der Waals surface area contributed by atoms with Gasteiger partial charge in [-0.2, -0.15) is 0 Å². The topological polar surface area (TPSA) is 259 Å². The molecule has 62 heavy (non-hydrogen) atoms. The molecule has 0 aliphatic heterocycles. The predicted octanol–water partition coefficient (Wildman–Crippen LogP) is 3.46. The fraction of sp³-hybridized carbons (Fsp3) is 0.739. The van der Waals surface area contributed by atoms with Crippen LogP contribution in [-0.2, 0) is 47.8 Å². The maximum absolute atomic E-state index is 13.0. The van der Waals surface area contributed by atoms with Gasteiger partial charge >= 0.3 is 24.4 Å². The molecule has 6 atom stereocenters. The number of carbonyl (C=O) groups is 8. The SMILES string of the molecule is C.C=[N+]=CC(=O)CC[C@H](NC(=O)[C@@H](CC(=O)[C@@H](N)CC(C)C)CC(C)C)C(=O)OC(C)C.C=[N+]=CC(=O)CC[C@H](NC(=O)[C@@H](CC(=O)[C@@H](N)CC(C)C)CC(C)C)C(=O)OCC. The second-order valence-electron chi connectivity index (χ2n) is 17.5. The van der Waals surface area contributed by atoms with E-state index in [1.807, 2.05) is 55.4 Å². The summed E-state index contributed by atoms with van der Waals surface area (Å²) in [7, 11) is 0. The molecule has 0 radical (unpaired) electrons. The molecule has 0 saturated heterocycles. The molecule has 16 nitrogen and oxygen atoms in total. The number of nitrogens with two attached hydrogens (primary N) is 2. The van der Waals surface area contributed by atoms with Gasteiger partial charge in [-0.15, -0.1) is 9.34 Å². The van der Waals surface area contributed by atoms with Crippen molar-refractivity contribution in [2.24, 2.45) is 47.0 Å². The summed E-state index contributed by atoms with van der Waals surface area (Å²) in [5, 5.41) is 5.36. The highest BCUT2D eigenvalue weighted by Gasteiger charge is 2.32. The van der Waals surface area contributed by atoms with E-state index in [1.54, 1.807) is 20.8 Å². The molecule has 0 saturated carbocycles. The summed E-state index contributed by atoms with van der Waals surface area (Å²) in [6, 6.07) is -3.21. The van der Waals surface area contributed by atoms with Crippen LogP contribution in [0.1, 0.15) is 148 Å². The van der Waals surface area contributed by atoms with Gasteiger partial charge in [0, 0.05) is 37.5 Å². The first-order chi connectivity index (χ1) is 28.4. The molecule has 0 spiro atoms. The van der Waals surface area contributed by atoms with E-state index in [-0.39, 0.29) is 105 Å². The number of nitrogens with one attached hydrogen (secondary N) is 2. The van der Waals surface area contributed by atoms with E-state index in [0.717, 1.165) is 12.4 Å². The van der Waals surface area contributed by atoms with Crippen LogP contribution in [0.3, 0.4) is 0 Å². The Labute approximate surface area is 371 Å². The predicted molar refractivity (Wildman–Crippen MR) is 248 cm³/mol. The number of esters is 2. The average molecular weight is 879 g/mol. The number of hydrogen-bond donors (Lipinski definition) is 4. The van der Waals surface area contributed by atoms with Crippen LogP contribution in [0.5, 0.6) is 0 Å². The lowest BCUT2D eigenvalue weighted by Gasteiger charge is -2.24. The normalized spacial score (nSPS) is 13.7. The molecule has 0 aliphatic rings. The molecule has 0 aromatic rings. The minimum Gasteiger partial charge on any atom is -0.464 e. The van der Waals surface area contributed by atoms with Gasteiger partial charge in [-0.25, -0.2) is 9.59 Å². The van der Waals surface area contributed by atoms with Crippen molar-refractivity contribution in [2.75, 3.05) is 6.61 Å². The van der Waals surface area contributed by atoms with Gasteiger partial charge in [0.15, 0.2) is 0 Å². The third kappa shape index (κ3) is 29.6. The monoisotopic (exact) mass is 879 g/mol. The molecule has 6 N–H and O–H groups in total. The lowest BCUT2D eigenvalue weighted by molar-refractivity contribution is -0.152. The summed E-state index contributed by atoms with van der Waals surface area (Å²) in [5.41, 5.74) is 12.0. The van der Waals surface area contributed by atoms with Crippen LogP contribution in [0.4, 0.5) is 0 Å². The molecule has 0 aliphatic carbocycles. The van der Waals surface area contributed by atoms with Crippen molar-refractivity contribution in [3.05, 3.63) is 0 Å². The minimum atomic E-state index is -0.994. The molecule has 0 aromatic heterocycles. The number of rotatable bonds is 30. The van der Waals surface area contributed by atoms with Gasteiger partial charge in [-0.1, -0.05) is 62.8 Å². The number of ketones is 4. The van der Waals surface area contributed by atoms with Crippen molar-refractivity contribution < 1.29 is 47.8 Å². The van der Waals surface area contributed by atoms with E-state index in [2.05, 4.69) is 33.4 Å². The van der Waals surface area contributed by atoms with Gasteiger partial charge in [-0.3, -0.25) is 28.8 Å². The zero-order valence-electron chi connectivity index (χ0n) is 38.8. The molecule has 2 amide bonds. The average Bonchev–Trinajstić information content (AvgIpc) is 3.13. The second kappa shape index (κ2) is 33.9. The summed E-state index contributed by atoms with van der Waals surface area (Å²) >= 11 is 0. The highest BCUT2D eigenvalue weighted by atomic mass is 16.5. The molecule has 0 aromatic carbocycles. The maximum Gasteiger partial charge on any atom is 0.334 e. The number of hydrogen-bond acceptors (Lipinski definition) is 12. The highest BCUT2D eigenvalue weighted by molar-refractivity contribution is 6.27. The van der Waals surface area contributed by atoms with Crippen molar-refractivity contribution in [1.29, 1.82) is 0 Å². The summed E-state index contributed by atoms with van der Waals surface area (Å²) < 4.78 is 17.1. The van der Waals surface area contributed by atoms with Crippen molar-refractivity contribution in [1.82, 2.24) is 20.0 Å². The van der Waals surface area contributed by atoms with Crippen molar-refractivity contribution in [3.63, 3.8) is 0 Å². The van der Waals surface area contributed by atoms with Gasteiger partial charge in [0.25, 0.3) is 13.4 Å². The van der Waals surface area contributed by atoms with E-state index in [0.29, 0.717) is 25.7 Å². The van der Waals surface area contributed by atoms with Crippen LogP contribution in [0.2, 0.25) is 0 Å². The highest BCUT2D eigenvalue weighted by Crippen LogP contribution is 2.21. The van der Waals surface area contributed by atoms with Crippen molar-refractivity contribution in [2.45, 2.75) is 178 Å². The van der Waals surface area contributed by atoms with Crippen LogP contribution in [0.25, 0.3) is 0 Å². The van der Waals surface area contributed by atoms with Crippen LogP contribution >= 0.6 is 0 Å². The number of carbonyl (C=O) groups excluding carboxylic acids is 8. The lowest BCUT2D eigenvalue weighted by Crippen LogP contribution is -2.46. The third-order valence-corrected chi connectivity index (χ3v) is 9.10. The summed E-state index contributed by atoms with van der Waals surface area (Å²) in [6.07, 6.45) is 4.01. The molecule has 354 valence electrons. The van der Waals surface area contributed by atoms with Crippen LogP contribution < -0.4 is 31.4 Å². The fourth-order valence-corrected chi connectivity index (χ4v) is 6.31. The maximum atomic E-state index is 13.0. The molecular formula is C46H82N6O10+2. The smallest absolute Gasteiger partial charge is 0.334 e. The van der Waals surface area contributed by atoms with E-state index < -0.39 is 59.8 Å². The van der Waals surface area contributed by atoms with E-state index in [4.69, 9.17) is 20.9 Å². The molecule has 0 heterocycles. The molecule has 0 fully saturated rings. The number of ether oxygens (including phenoxy) is 2. The standard InChI is InChI=1S/C23H39N3O5.C22H37N3O5.CH4/c1-14(2)10-17(12-21(28)19(24)11-15(3)4)22(29)26-20(23(30)31-16(5)6)9-8-18(27)13-25-7;1-7-30-22(29)19(9-8-17(26)13-24-6)25-21(28)16(10-14(2)3)12-20(27)18(23)11-15(4)5;/h13-17,19-20H,7-12,24H2,1-6H3;13-16,18-19H,6-12,23H2,1-5H3;1H4/p+2/t17-,19+,20+;16-,18+,19+;/m11./s1. The first-order valence-electron chi connectivity index (χ1n) is 21.6. The van der Waals surface area contributed by atoms with Gasteiger partial charge in [0.1, 0.15) is 23.7 Å². The van der Waals surface area contributed by atoms with Crippen LogP contribution in [-0.4, -0.2) is 110 Å². The summed E-state index contributed by atoms with van der Waals surface area (Å²) in [4.78, 5) is 99.2. The van der Waals surface area contributed by atoms with Gasteiger partial charge in [-0.05, 0) is 83.0 Å². The zero-order chi connectivity index (χ0) is 47.4. The number of Topliss-reactive ketones (excluding diaryl/α,β-unsaturated/α-hetero) is 4. The van der Waals surface area contributed by atoms with Crippen LogP contribution in [0.15, 0.2) is 0 Å². The quantitative estimate of drug-likeness (QED) is 0.0460. The lowest BCUT2D eigenvalue weighted by atomic mass is 9.88. The Morgan fingerprint density at radius 1 is 0.581 bits per heavy atom. The Morgan fingerprint density at radius 2 is 0.919 bits per heavy atom. The Hall–Kier alpha value is -4.62.